The highest BCUT2D eigenvalue weighted by atomic mass is 35.5. The van der Waals surface area contributed by atoms with E-state index in [2.05, 4.69) is 15.4 Å². The van der Waals surface area contributed by atoms with E-state index in [1.165, 1.54) is 6.20 Å². The molecule has 3 rings (SSSR count). The molecular weight excluding hydrogens is 375 g/mol. The number of aromatic nitrogens is 3. The number of carbonyl (C=O) groups is 1. The fourth-order valence-electron chi connectivity index (χ4n) is 2.59. The van der Waals surface area contributed by atoms with Crippen molar-refractivity contribution in [1.29, 1.82) is 0 Å². The molecule has 3 aromatic rings. The van der Waals surface area contributed by atoms with Gasteiger partial charge in [-0.3, -0.25) is 4.79 Å². The molecule has 26 heavy (non-hydrogen) atoms. The number of amides is 1. The van der Waals surface area contributed by atoms with E-state index in [0.29, 0.717) is 33.6 Å². The largest absolute Gasteiger partial charge is 0.490 e. The van der Waals surface area contributed by atoms with Gasteiger partial charge in [0.1, 0.15) is 17.9 Å². The Labute approximate surface area is 161 Å². The monoisotopic (exact) mass is 392 g/mol. The number of rotatable bonds is 5. The van der Waals surface area contributed by atoms with E-state index in [9.17, 15) is 4.79 Å². The number of hydrogen-bond acceptors (Lipinski definition) is 4. The van der Waals surface area contributed by atoms with Crippen LogP contribution >= 0.6 is 23.2 Å². The Hall–Kier alpha value is -2.31. The summed E-state index contributed by atoms with van der Waals surface area (Å²) in [6, 6.07) is 5.32. The second kappa shape index (κ2) is 7.51. The van der Waals surface area contributed by atoms with Crippen LogP contribution in [0.15, 0.2) is 24.4 Å². The van der Waals surface area contributed by atoms with Gasteiger partial charge in [0.2, 0.25) is 0 Å². The molecule has 0 spiro atoms. The van der Waals surface area contributed by atoms with Gasteiger partial charge in [-0.05, 0) is 44.5 Å². The second-order valence-electron chi connectivity index (χ2n) is 5.97. The highest BCUT2D eigenvalue weighted by molar-refractivity contribution is 6.36. The van der Waals surface area contributed by atoms with Crippen molar-refractivity contribution in [2.75, 3.05) is 13.2 Å². The van der Waals surface area contributed by atoms with Crippen LogP contribution in [0.4, 0.5) is 0 Å². The highest BCUT2D eigenvalue weighted by Gasteiger charge is 2.15. The maximum atomic E-state index is 12.4. The van der Waals surface area contributed by atoms with Crippen LogP contribution in [0.1, 0.15) is 27.3 Å². The number of hydrogen-bond donors (Lipinski definition) is 1. The zero-order chi connectivity index (χ0) is 18.8. The lowest BCUT2D eigenvalue weighted by molar-refractivity contribution is 0.0948. The van der Waals surface area contributed by atoms with E-state index in [0.717, 1.165) is 17.0 Å². The second-order valence-corrected chi connectivity index (χ2v) is 6.78. The van der Waals surface area contributed by atoms with E-state index in [1.807, 2.05) is 26.8 Å². The van der Waals surface area contributed by atoms with Gasteiger partial charge in [0.05, 0.1) is 17.8 Å². The summed E-state index contributed by atoms with van der Waals surface area (Å²) in [6.45, 7) is 6.26. The number of nitrogens with zero attached hydrogens (tertiary/aromatic N) is 3. The van der Waals surface area contributed by atoms with E-state index < -0.39 is 0 Å². The first kappa shape index (κ1) is 18.5. The van der Waals surface area contributed by atoms with Gasteiger partial charge in [0, 0.05) is 16.4 Å². The fraction of sp³-hybridized carbons (Fsp3) is 0.278. The lowest BCUT2D eigenvalue weighted by atomic mass is 10.2. The molecule has 0 bridgehead atoms. The zero-order valence-electron chi connectivity index (χ0n) is 14.6. The average Bonchev–Trinajstić information content (AvgIpc) is 3.00. The van der Waals surface area contributed by atoms with Crippen molar-refractivity contribution in [2.45, 2.75) is 20.8 Å². The Balaban J connectivity index is 1.63. The fourth-order valence-corrected chi connectivity index (χ4v) is 3.03. The Bertz CT molecular complexity index is 985. The molecule has 0 fully saturated rings. The smallest absolute Gasteiger partial charge is 0.256 e. The molecule has 6 nitrogen and oxygen atoms in total. The normalized spacial score (nSPS) is 11.0. The molecule has 1 N–H and O–H groups in total. The van der Waals surface area contributed by atoms with Crippen molar-refractivity contribution < 1.29 is 9.53 Å². The Morgan fingerprint density at radius 2 is 1.96 bits per heavy atom. The van der Waals surface area contributed by atoms with E-state index in [1.54, 1.807) is 16.6 Å². The highest BCUT2D eigenvalue weighted by Crippen LogP contribution is 2.30. The summed E-state index contributed by atoms with van der Waals surface area (Å²) in [5.74, 6) is 0.284. The lowest BCUT2D eigenvalue weighted by Crippen LogP contribution is -2.28. The summed E-state index contributed by atoms with van der Waals surface area (Å²) in [7, 11) is 0. The van der Waals surface area contributed by atoms with Gasteiger partial charge in [0.15, 0.2) is 5.65 Å². The van der Waals surface area contributed by atoms with E-state index in [4.69, 9.17) is 27.9 Å². The third-order valence-electron chi connectivity index (χ3n) is 3.88. The minimum atomic E-state index is -0.250. The average molecular weight is 393 g/mol. The van der Waals surface area contributed by atoms with Crippen molar-refractivity contribution in [2.24, 2.45) is 0 Å². The summed E-state index contributed by atoms with van der Waals surface area (Å²) in [5.41, 5.74) is 3.59. The van der Waals surface area contributed by atoms with Crippen LogP contribution < -0.4 is 10.1 Å². The number of ether oxygens (including phenoxy) is 1. The number of carbonyl (C=O) groups excluding carboxylic acids is 1. The number of benzene rings is 1. The summed E-state index contributed by atoms with van der Waals surface area (Å²) in [4.78, 5) is 16.8. The molecule has 0 aliphatic heterocycles. The third kappa shape index (κ3) is 3.76. The van der Waals surface area contributed by atoms with Crippen molar-refractivity contribution in [3.63, 3.8) is 0 Å². The van der Waals surface area contributed by atoms with Gasteiger partial charge < -0.3 is 10.1 Å². The van der Waals surface area contributed by atoms with Crippen molar-refractivity contribution in [3.05, 3.63) is 57.0 Å². The third-order valence-corrected chi connectivity index (χ3v) is 4.58. The SMILES string of the molecule is Cc1cc(C)n2ncc(C(=O)NCCOc3cc(C)c(Cl)cc3Cl)c2n1. The molecule has 0 saturated carbocycles. The van der Waals surface area contributed by atoms with Crippen molar-refractivity contribution in [3.8, 4) is 5.75 Å². The van der Waals surface area contributed by atoms with Crippen LogP contribution in [0, 0.1) is 20.8 Å². The van der Waals surface area contributed by atoms with Crippen LogP contribution in [0.25, 0.3) is 5.65 Å². The molecule has 2 heterocycles. The van der Waals surface area contributed by atoms with Gasteiger partial charge in [-0.2, -0.15) is 5.10 Å². The lowest BCUT2D eigenvalue weighted by Gasteiger charge is -2.10. The molecule has 0 aliphatic rings. The minimum Gasteiger partial charge on any atom is -0.490 e. The van der Waals surface area contributed by atoms with Crippen molar-refractivity contribution in [1.82, 2.24) is 19.9 Å². The van der Waals surface area contributed by atoms with Crippen LogP contribution in [0.5, 0.6) is 5.75 Å². The first-order chi connectivity index (χ1) is 12.4. The molecule has 0 saturated heterocycles. The molecule has 0 unspecified atom stereocenters. The van der Waals surface area contributed by atoms with Crippen molar-refractivity contribution >= 4 is 34.8 Å². The summed E-state index contributed by atoms with van der Waals surface area (Å²) < 4.78 is 7.27. The molecule has 8 heteroatoms. The maximum absolute atomic E-state index is 12.4. The number of nitrogens with one attached hydrogen (secondary N) is 1. The van der Waals surface area contributed by atoms with Crippen LogP contribution in [0.2, 0.25) is 10.0 Å². The van der Waals surface area contributed by atoms with Crippen LogP contribution in [0.3, 0.4) is 0 Å². The Kier molecular flexibility index (Phi) is 5.34. The Morgan fingerprint density at radius 1 is 1.19 bits per heavy atom. The zero-order valence-corrected chi connectivity index (χ0v) is 16.1. The minimum absolute atomic E-state index is 0.250. The maximum Gasteiger partial charge on any atom is 0.256 e. The van der Waals surface area contributed by atoms with Gasteiger partial charge >= 0.3 is 0 Å². The first-order valence-corrected chi connectivity index (χ1v) is 8.81. The molecule has 0 atom stereocenters. The number of fused-ring (bicyclic) bond motifs is 1. The van der Waals surface area contributed by atoms with Gasteiger partial charge in [-0.1, -0.05) is 23.2 Å². The van der Waals surface area contributed by atoms with E-state index >= 15 is 0 Å². The first-order valence-electron chi connectivity index (χ1n) is 8.05. The predicted molar refractivity (Wildman–Crippen MR) is 101 cm³/mol. The molecule has 0 aliphatic carbocycles. The van der Waals surface area contributed by atoms with Crippen LogP contribution in [-0.4, -0.2) is 33.7 Å². The molecule has 2 aromatic heterocycles. The Morgan fingerprint density at radius 3 is 2.73 bits per heavy atom. The van der Waals surface area contributed by atoms with Gasteiger partial charge in [0.25, 0.3) is 5.91 Å². The molecular formula is C18H18Cl2N4O2. The number of halogens is 2. The summed E-state index contributed by atoms with van der Waals surface area (Å²) in [6.07, 6.45) is 1.52. The topological polar surface area (TPSA) is 68.5 Å². The van der Waals surface area contributed by atoms with E-state index in [-0.39, 0.29) is 12.5 Å². The number of aryl methyl sites for hydroxylation is 3. The van der Waals surface area contributed by atoms with Gasteiger partial charge in [-0.15, -0.1) is 0 Å². The van der Waals surface area contributed by atoms with Crippen LogP contribution in [-0.2, 0) is 0 Å². The molecule has 1 aromatic carbocycles. The quantitative estimate of drug-likeness (QED) is 0.670. The standard InChI is InChI=1S/C18H18Cl2N4O2/c1-10-6-16(15(20)8-14(10)19)26-5-4-21-18(25)13-9-22-24-12(3)7-11(2)23-17(13)24/h6-9H,4-5H2,1-3H3,(H,21,25). The van der Waals surface area contributed by atoms with Gasteiger partial charge in [-0.25, -0.2) is 9.50 Å². The molecule has 0 radical (unpaired) electrons. The molecule has 1 amide bonds. The molecule has 136 valence electrons. The summed E-state index contributed by atoms with van der Waals surface area (Å²) >= 11 is 12.1. The predicted octanol–water partition coefficient (Wildman–Crippen LogP) is 3.77. The summed E-state index contributed by atoms with van der Waals surface area (Å²) in [5, 5.41) is 8.04.